The van der Waals surface area contributed by atoms with E-state index < -0.39 is 0 Å². The summed E-state index contributed by atoms with van der Waals surface area (Å²) in [4.78, 5) is 2.62. The molecule has 2 atom stereocenters. The van der Waals surface area contributed by atoms with Crippen molar-refractivity contribution in [3.8, 4) is 0 Å². The zero-order valence-electron chi connectivity index (χ0n) is 11.7. The second-order valence-corrected chi connectivity index (χ2v) is 5.82. The van der Waals surface area contributed by atoms with Gasteiger partial charge in [-0.05, 0) is 49.9 Å². The molecule has 0 aromatic carbocycles. The maximum absolute atomic E-state index is 5.29. The monoisotopic (exact) mass is 250 g/mol. The van der Waals surface area contributed by atoms with Crippen molar-refractivity contribution < 1.29 is 4.42 Å². The number of rotatable bonds is 6. The van der Waals surface area contributed by atoms with Crippen LogP contribution in [0.25, 0.3) is 0 Å². The van der Waals surface area contributed by atoms with Crippen LogP contribution in [-0.4, -0.2) is 31.1 Å². The first kappa shape index (κ1) is 13.6. The van der Waals surface area contributed by atoms with E-state index in [1.165, 1.54) is 32.5 Å². The van der Waals surface area contributed by atoms with Crippen molar-refractivity contribution in [3.05, 3.63) is 24.2 Å². The number of nitrogens with zero attached hydrogens (tertiary/aromatic N) is 1. The highest BCUT2D eigenvalue weighted by atomic mass is 16.3. The highest BCUT2D eigenvalue weighted by Crippen LogP contribution is 2.20. The molecule has 0 radical (unpaired) electrons. The molecule has 0 saturated carbocycles. The van der Waals surface area contributed by atoms with Gasteiger partial charge in [0, 0.05) is 13.1 Å². The number of hydrogen-bond acceptors (Lipinski definition) is 3. The smallest absolute Gasteiger partial charge is 0.117 e. The summed E-state index contributed by atoms with van der Waals surface area (Å²) in [5.41, 5.74) is 0. The molecule has 3 heteroatoms. The summed E-state index contributed by atoms with van der Waals surface area (Å²) >= 11 is 0. The highest BCUT2D eigenvalue weighted by Gasteiger charge is 2.20. The van der Waals surface area contributed by atoms with Crippen molar-refractivity contribution in [2.75, 3.05) is 26.2 Å². The van der Waals surface area contributed by atoms with Crippen LogP contribution in [-0.2, 0) is 6.54 Å². The number of hydrogen-bond donors (Lipinski definition) is 1. The van der Waals surface area contributed by atoms with E-state index in [4.69, 9.17) is 4.42 Å². The standard InChI is InChI=1S/C15H26N2O/c1-13-9-14(2)12-17(11-13)7-4-6-16-10-15-5-3-8-18-15/h3,5,8,13-14,16H,4,6-7,9-12H2,1-2H3. The van der Waals surface area contributed by atoms with Gasteiger partial charge < -0.3 is 14.6 Å². The van der Waals surface area contributed by atoms with Crippen LogP contribution in [0.1, 0.15) is 32.4 Å². The Morgan fingerprint density at radius 2 is 2.11 bits per heavy atom. The summed E-state index contributed by atoms with van der Waals surface area (Å²) in [6.07, 6.45) is 4.35. The molecule has 0 spiro atoms. The molecule has 2 rings (SSSR count). The Hall–Kier alpha value is -0.800. The molecule has 3 nitrogen and oxygen atoms in total. The van der Waals surface area contributed by atoms with E-state index in [9.17, 15) is 0 Å². The molecule has 0 aliphatic carbocycles. The van der Waals surface area contributed by atoms with E-state index in [1.54, 1.807) is 6.26 Å². The van der Waals surface area contributed by atoms with Gasteiger partial charge in [-0.15, -0.1) is 0 Å². The number of furan rings is 1. The van der Waals surface area contributed by atoms with Gasteiger partial charge in [0.2, 0.25) is 0 Å². The van der Waals surface area contributed by atoms with Gasteiger partial charge in [0.05, 0.1) is 12.8 Å². The molecule has 18 heavy (non-hydrogen) atoms. The van der Waals surface area contributed by atoms with Crippen molar-refractivity contribution in [3.63, 3.8) is 0 Å². The average molecular weight is 250 g/mol. The molecule has 1 aliphatic heterocycles. The van der Waals surface area contributed by atoms with Crippen LogP contribution in [0.5, 0.6) is 0 Å². The van der Waals surface area contributed by atoms with E-state index in [0.717, 1.165) is 30.7 Å². The minimum Gasteiger partial charge on any atom is -0.468 e. The quantitative estimate of drug-likeness (QED) is 0.787. The molecule has 0 bridgehead atoms. The summed E-state index contributed by atoms with van der Waals surface area (Å²) in [6, 6.07) is 3.95. The molecule has 1 aromatic rings. The van der Waals surface area contributed by atoms with Crippen LogP contribution in [0.15, 0.2) is 22.8 Å². The minimum atomic E-state index is 0.847. The van der Waals surface area contributed by atoms with E-state index >= 15 is 0 Å². The van der Waals surface area contributed by atoms with Crippen LogP contribution in [0, 0.1) is 11.8 Å². The van der Waals surface area contributed by atoms with E-state index in [-0.39, 0.29) is 0 Å². The third-order valence-corrected chi connectivity index (χ3v) is 3.65. The summed E-state index contributed by atoms with van der Waals surface area (Å²) < 4.78 is 5.29. The summed E-state index contributed by atoms with van der Waals surface area (Å²) in [5, 5.41) is 3.43. The summed E-state index contributed by atoms with van der Waals surface area (Å²) in [5.74, 6) is 2.75. The van der Waals surface area contributed by atoms with Gasteiger partial charge in [-0.3, -0.25) is 0 Å². The lowest BCUT2D eigenvalue weighted by Gasteiger charge is -2.34. The van der Waals surface area contributed by atoms with E-state index in [1.807, 2.05) is 12.1 Å². The summed E-state index contributed by atoms with van der Waals surface area (Å²) in [7, 11) is 0. The first-order chi connectivity index (χ1) is 8.74. The van der Waals surface area contributed by atoms with Crippen LogP contribution in [0.4, 0.5) is 0 Å². The Labute approximate surface area is 111 Å². The molecule has 0 amide bonds. The van der Waals surface area contributed by atoms with Gasteiger partial charge in [-0.1, -0.05) is 13.8 Å². The SMILES string of the molecule is CC1CC(C)CN(CCCNCc2ccco2)C1. The first-order valence-electron chi connectivity index (χ1n) is 7.19. The largest absolute Gasteiger partial charge is 0.468 e. The van der Waals surface area contributed by atoms with Crippen LogP contribution in [0.2, 0.25) is 0 Å². The van der Waals surface area contributed by atoms with Gasteiger partial charge in [0.15, 0.2) is 0 Å². The molecule has 1 fully saturated rings. The molecule has 1 aliphatic rings. The van der Waals surface area contributed by atoms with Crippen molar-refractivity contribution in [1.29, 1.82) is 0 Å². The Morgan fingerprint density at radius 1 is 1.33 bits per heavy atom. The maximum Gasteiger partial charge on any atom is 0.117 e. The number of piperidine rings is 1. The average Bonchev–Trinajstić information content (AvgIpc) is 2.80. The zero-order valence-corrected chi connectivity index (χ0v) is 11.7. The molecule has 102 valence electrons. The lowest BCUT2D eigenvalue weighted by molar-refractivity contribution is 0.139. The van der Waals surface area contributed by atoms with Gasteiger partial charge in [-0.25, -0.2) is 0 Å². The normalized spacial score (nSPS) is 25.4. The van der Waals surface area contributed by atoms with Crippen molar-refractivity contribution >= 4 is 0 Å². The van der Waals surface area contributed by atoms with Crippen LogP contribution < -0.4 is 5.32 Å². The van der Waals surface area contributed by atoms with Gasteiger partial charge in [-0.2, -0.15) is 0 Å². The highest BCUT2D eigenvalue weighted by molar-refractivity contribution is 4.97. The van der Waals surface area contributed by atoms with E-state index in [2.05, 4.69) is 24.1 Å². The Morgan fingerprint density at radius 3 is 2.78 bits per heavy atom. The van der Waals surface area contributed by atoms with Crippen molar-refractivity contribution in [2.24, 2.45) is 11.8 Å². The Balaban J connectivity index is 1.55. The van der Waals surface area contributed by atoms with Crippen LogP contribution in [0.3, 0.4) is 0 Å². The van der Waals surface area contributed by atoms with Gasteiger partial charge >= 0.3 is 0 Å². The lowest BCUT2D eigenvalue weighted by atomic mass is 9.92. The van der Waals surface area contributed by atoms with Crippen molar-refractivity contribution in [1.82, 2.24) is 10.2 Å². The first-order valence-corrected chi connectivity index (χ1v) is 7.19. The fourth-order valence-corrected chi connectivity index (χ4v) is 3.03. The fourth-order valence-electron chi connectivity index (χ4n) is 3.03. The molecule has 2 heterocycles. The Kier molecular flexibility index (Phi) is 5.26. The second-order valence-electron chi connectivity index (χ2n) is 5.82. The van der Waals surface area contributed by atoms with Crippen LogP contribution >= 0.6 is 0 Å². The predicted molar refractivity (Wildman–Crippen MR) is 74.4 cm³/mol. The third kappa shape index (κ3) is 4.46. The van der Waals surface area contributed by atoms with E-state index in [0.29, 0.717) is 0 Å². The number of nitrogens with one attached hydrogen (secondary N) is 1. The summed E-state index contributed by atoms with van der Waals surface area (Å²) in [6.45, 7) is 10.4. The molecule has 1 aromatic heterocycles. The predicted octanol–water partition coefficient (Wildman–Crippen LogP) is 2.74. The van der Waals surface area contributed by atoms with Crippen molar-refractivity contribution in [2.45, 2.75) is 33.2 Å². The zero-order chi connectivity index (χ0) is 12.8. The van der Waals surface area contributed by atoms with Gasteiger partial charge in [0.25, 0.3) is 0 Å². The number of likely N-dealkylation sites (tertiary alicyclic amines) is 1. The molecule has 2 unspecified atom stereocenters. The molecular formula is C15H26N2O. The van der Waals surface area contributed by atoms with Gasteiger partial charge in [0.1, 0.15) is 5.76 Å². The maximum atomic E-state index is 5.29. The molecular weight excluding hydrogens is 224 g/mol. The third-order valence-electron chi connectivity index (χ3n) is 3.65. The molecule has 1 saturated heterocycles. The lowest BCUT2D eigenvalue weighted by Crippen LogP contribution is -2.39. The fraction of sp³-hybridized carbons (Fsp3) is 0.733. The molecule has 1 N–H and O–H groups in total. The Bertz CT molecular complexity index is 313. The minimum absolute atomic E-state index is 0.847. The second kappa shape index (κ2) is 6.95. The topological polar surface area (TPSA) is 28.4 Å².